The molecule has 0 amide bonds. The fraction of sp³-hybridized carbons (Fsp3) is 0.917. The second kappa shape index (κ2) is 33.3. The van der Waals surface area contributed by atoms with Gasteiger partial charge in [0.15, 0.2) is 0 Å². The van der Waals surface area contributed by atoms with Crippen LogP contribution in [0.4, 0.5) is 0 Å². The summed E-state index contributed by atoms with van der Waals surface area (Å²) >= 11 is 0. The van der Waals surface area contributed by atoms with Gasteiger partial charge in [0.25, 0.3) is 0 Å². The molecule has 1 N–H and O–H groups in total. The van der Waals surface area contributed by atoms with Gasteiger partial charge in [0.2, 0.25) is 0 Å². The van der Waals surface area contributed by atoms with Crippen LogP contribution in [0.15, 0.2) is 0 Å². The Kier molecular flexibility index (Phi) is 32.0. The Bertz CT molecular complexity index is 599. The van der Waals surface area contributed by atoms with Crippen LogP contribution in [0.2, 0.25) is 0 Å². The van der Waals surface area contributed by atoms with Gasteiger partial charge in [-0.05, 0) is 32.2 Å². The van der Waals surface area contributed by atoms with Crippen molar-refractivity contribution in [1.82, 2.24) is 4.90 Å². The topological polar surface area (TPSA) is 93.1 Å². The number of aliphatic carboxylic acids is 1. The minimum absolute atomic E-state index is 0.177. The van der Waals surface area contributed by atoms with Crippen LogP contribution in [-0.4, -0.2) is 60.8 Å². The highest BCUT2D eigenvalue weighted by atomic mass is 16.5. The van der Waals surface area contributed by atoms with Gasteiger partial charge in [-0.2, -0.15) is 0 Å². The van der Waals surface area contributed by atoms with Crippen LogP contribution < -0.4 is 0 Å². The Morgan fingerprint density at radius 2 is 0.791 bits per heavy atom. The number of carbonyl (C=O) groups excluding carboxylic acids is 2. The van der Waals surface area contributed by atoms with Crippen molar-refractivity contribution in [2.75, 3.05) is 32.8 Å². The normalized spacial score (nSPS) is 11.2. The van der Waals surface area contributed by atoms with Crippen LogP contribution in [0.5, 0.6) is 0 Å². The second-order valence-electron chi connectivity index (χ2n) is 12.4. The van der Waals surface area contributed by atoms with E-state index in [9.17, 15) is 14.4 Å². The number of hydrogen-bond acceptors (Lipinski definition) is 6. The number of esters is 2. The van der Waals surface area contributed by atoms with Gasteiger partial charge in [-0.25, -0.2) is 0 Å². The third kappa shape index (κ3) is 33.1. The van der Waals surface area contributed by atoms with E-state index in [-0.39, 0.29) is 18.4 Å². The lowest BCUT2D eigenvalue weighted by Crippen LogP contribution is -2.30. The predicted molar refractivity (Wildman–Crippen MR) is 177 cm³/mol. The smallest absolute Gasteiger partial charge is 0.307 e. The van der Waals surface area contributed by atoms with Crippen LogP contribution in [0.1, 0.15) is 181 Å². The van der Waals surface area contributed by atoms with Crippen LogP contribution in [0.3, 0.4) is 0 Å². The highest BCUT2D eigenvalue weighted by Gasteiger charge is 2.12. The third-order valence-electron chi connectivity index (χ3n) is 8.15. The van der Waals surface area contributed by atoms with Crippen molar-refractivity contribution in [3.05, 3.63) is 0 Å². The number of nitrogens with zero attached hydrogens (tertiary/aromatic N) is 1. The van der Waals surface area contributed by atoms with E-state index in [0.717, 1.165) is 45.1 Å². The van der Waals surface area contributed by atoms with Crippen molar-refractivity contribution < 1.29 is 29.0 Å². The van der Waals surface area contributed by atoms with Gasteiger partial charge >= 0.3 is 17.9 Å². The number of unbranched alkanes of at least 4 members (excludes halogenated alkanes) is 20. The Hall–Kier alpha value is -1.63. The average Bonchev–Trinajstić information content (AvgIpc) is 2.99. The highest BCUT2D eigenvalue weighted by molar-refractivity contribution is 5.70. The van der Waals surface area contributed by atoms with E-state index in [1.54, 1.807) is 0 Å². The van der Waals surface area contributed by atoms with Crippen LogP contribution in [-0.2, 0) is 23.9 Å². The molecule has 0 unspecified atom stereocenters. The lowest BCUT2D eigenvalue weighted by atomic mass is 10.1. The molecule has 254 valence electrons. The minimum atomic E-state index is -0.771. The first-order chi connectivity index (χ1) is 21.0. The van der Waals surface area contributed by atoms with Crippen molar-refractivity contribution in [1.29, 1.82) is 0 Å². The lowest BCUT2D eigenvalue weighted by molar-refractivity contribution is -0.144. The fourth-order valence-corrected chi connectivity index (χ4v) is 5.32. The SMILES string of the molecule is CCCCCCCCCCCCOC(=O)CCN(CCCCCC(=O)O)CCC(=O)OCCCCCCCCCCCC. The van der Waals surface area contributed by atoms with Gasteiger partial charge in [-0.15, -0.1) is 0 Å². The molecule has 0 radical (unpaired) electrons. The monoisotopic (exact) mass is 612 g/mol. The first kappa shape index (κ1) is 41.4. The van der Waals surface area contributed by atoms with Gasteiger partial charge in [0.1, 0.15) is 0 Å². The van der Waals surface area contributed by atoms with E-state index in [1.165, 1.54) is 103 Å². The average molecular weight is 612 g/mol. The molecule has 0 aliphatic carbocycles. The molecule has 7 heteroatoms. The molecule has 0 saturated heterocycles. The summed E-state index contributed by atoms with van der Waals surface area (Å²) < 4.78 is 10.9. The van der Waals surface area contributed by atoms with Crippen LogP contribution in [0.25, 0.3) is 0 Å². The molecule has 0 fully saturated rings. The highest BCUT2D eigenvalue weighted by Crippen LogP contribution is 2.12. The molecule has 7 nitrogen and oxygen atoms in total. The quantitative estimate of drug-likeness (QED) is 0.0572. The largest absolute Gasteiger partial charge is 0.481 e. The molecule has 0 rings (SSSR count). The van der Waals surface area contributed by atoms with E-state index >= 15 is 0 Å². The fourth-order valence-electron chi connectivity index (χ4n) is 5.32. The van der Waals surface area contributed by atoms with Gasteiger partial charge in [0, 0.05) is 19.5 Å². The lowest BCUT2D eigenvalue weighted by Gasteiger charge is -2.21. The summed E-state index contributed by atoms with van der Waals surface area (Å²) in [5.41, 5.74) is 0. The first-order valence-electron chi connectivity index (χ1n) is 18.2. The summed E-state index contributed by atoms with van der Waals surface area (Å²) in [4.78, 5) is 37.5. The third-order valence-corrected chi connectivity index (χ3v) is 8.15. The van der Waals surface area contributed by atoms with E-state index < -0.39 is 5.97 Å². The van der Waals surface area contributed by atoms with Crippen molar-refractivity contribution in [3.63, 3.8) is 0 Å². The summed E-state index contributed by atoms with van der Waals surface area (Å²) in [5, 5.41) is 8.86. The van der Waals surface area contributed by atoms with Crippen molar-refractivity contribution in [2.45, 2.75) is 181 Å². The van der Waals surface area contributed by atoms with E-state index in [4.69, 9.17) is 14.6 Å². The van der Waals surface area contributed by atoms with Crippen LogP contribution >= 0.6 is 0 Å². The van der Waals surface area contributed by atoms with Crippen molar-refractivity contribution in [2.24, 2.45) is 0 Å². The molecule has 0 aliphatic rings. The summed E-state index contributed by atoms with van der Waals surface area (Å²) in [6.45, 7) is 7.27. The van der Waals surface area contributed by atoms with Gasteiger partial charge in [-0.1, -0.05) is 136 Å². The van der Waals surface area contributed by atoms with Gasteiger partial charge in [-0.3, -0.25) is 14.4 Å². The summed E-state index contributed by atoms with van der Waals surface area (Å²) in [5.74, 6) is -1.14. The zero-order valence-electron chi connectivity index (χ0n) is 28.4. The minimum Gasteiger partial charge on any atom is -0.481 e. The molecule has 43 heavy (non-hydrogen) atoms. The molecule has 0 spiro atoms. The van der Waals surface area contributed by atoms with E-state index in [0.29, 0.717) is 45.6 Å². The zero-order valence-corrected chi connectivity index (χ0v) is 28.4. The maximum atomic E-state index is 12.3. The Morgan fingerprint density at radius 1 is 0.442 bits per heavy atom. The molecule has 0 atom stereocenters. The molecule has 0 aromatic rings. The number of hydrogen-bond donors (Lipinski definition) is 1. The maximum Gasteiger partial charge on any atom is 0.307 e. The number of carboxylic acid groups (broad SMARTS) is 1. The number of rotatable bonds is 34. The first-order valence-corrected chi connectivity index (χ1v) is 18.2. The zero-order chi connectivity index (χ0) is 31.6. The molecule has 0 heterocycles. The second-order valence-corrected chi connectivity index (χ2v) is 12.4. The molecule has 0 aromatic heterocycles. The number of ether oxygens (including phenoxy) is 2. The molecular formula is C36H69NO6. The van der Waals surface area contributed by atoms with Gasteiger partial charge in [0.05, 0.1) is 26.1 Å². The molecular weight excluding hydrogens is 542 g/mol. The summed E-state index contributed by atoms with van der Waals surface area (Å²) in [6, 6.07) is 0. The van der Waals surface area contributed by atoms with Crippen molar-refractivity contribution in [3.8, 4) is 0 Å². The van der Waals surface area contributed by atoms with Crippen molar-refractivity contribution >= 4 is 17.9 Å². The molecule has 0 aliphatic heterocycles. The molecule has 0 bridgehead atoms. The Balaban J connectivity index is 4.06. The maximum absolute atomic E-state index is 12.3. The van der Waals surface area contributed by atoms with Crippen LogP contribution in [0, 0.1) is 0 Å². The van der Waals surface area contributed by atoms with Gasteiger partial charge < -0.3 is 19.5 Å². The number of carbonyl (C=O) groups is 3. The Morgan fingerprint density at radius 3 is 1.16 bits per heavy atom. The Labute approximate surface area is 265 Å². The van der Waals surface area contributed by atoms with E-state index in [2.05, 4.69) is 18.7 Å². The van der Waals surface area contributed by atoms with E-state index in [1.807, 2.05) is 0 Å². The number of carboxylic acids is 1. The summed E-state index contributed by atoms with van der Waals surface area (Å²) in [6.07, 6.45) is 28.1. The standard InChI is InChI=1S/C36H69NO6/c1-3-5-7-9-11-13-15-17-19-24-32-42-35(40)27-30-37(29-23-21-22-26-34(38)39)31-28-36(41)43-33-25-20-18-16-14-12-10-8-6-4-2/h3-33H2,1-2H3,(H,38,39). The molecule has 0 saturated carbocycles. The summed E-state index contributed by atoms with van der Waals surface area (Å²) in [7, 11) is 0. The molecule has 0 aromatic carbocycles. The predicted octanol–water partition coefficient (Wildman–Crippen LogP) is 9.64.